The average molecular weight is 273 g/mol. The third-order valence-corrected chi connectivity index (χ3v) is 5.51. The molecular formula is C12H23N3O2S. The second kappa shape index (κ2) is 5.42. The molecule has 1 rings (SSSR count). The van der Waals surface area contributed by atoms with E-state index in [1.165, 1.54) is 4.31 Å². The van der Waals surface area contributed by atoms with E-state index in [0.29, 0.717) is 11.4 Å². The van der Waals surface area contributed by atoms with Crippen LogP contribution in [-0.4, -0.2) is 37.3 Å². The van der Waals surface area contributed by atoms with Crippen LogP contribution in [0.15, 0.2) is 17.2 Å². The Kier molecular flexibility index (Phi) is 4.58. The van der Waals surface area contributed by atoms with Crippen molar-refractivity contribution in [2.24, 2.45) is 0 Å². The standard InChI is InChI=1S/C12H23N3O2S/c1-6-12(2,3)15(5)18(16,17)11-7-10(8-13-4)14-9-11/h7,9,13-14H,6,8H2,1-5H3. The molecule has 0 fully saturated rings. The highest BCUT2D eigenvalue weighted by molar-refractivity contribution is 7.89. The Labute approximate surface area is 110 Å². The van der Waals surface area contributed by atoms with Gasteiger partial charge in [0, 0.05) is 31.0 Å². The lowest BCUT2D eigenvalue weighted by Gasteiger charge is -2.33. The van der Waals surface area contributed by atoms with Gasteiger partial charge in [-0.25, -0.2) is 8.42 Å². The summed E-state index contributed by atoms with van der Waals surface area (Å²) in [5.41, 5.74) is 0.470. The first kappa shape index (κ1) is 15.2. The van der Waals surface area contributed by atoms with Crippen LogP contribution in [0.2, 0.25) is 0 Å². The van der Waals surface area contributed by atoms with Crippen molar-refractivity contribution in [2.45, 2.75) is 44.2 Å². The predicted octanol–water partition coefficient (Wildman–Crippen LogP) is 1.54. The SMILES string of the molecule is CCC(C)(C)N(C)S(=O)(=O)c1c[nH]c(CNC)c1. The quantitative estimate of drug-likeness (QED) is 0.826. The molecule has 18 heavy (non-hydrogen) atoms. The first-order valence-electron chi connectivity index (χ1n) is 6.06. The topological polar surface area (TPSA) is 65.2 Å². The van der Waals surface area contributed by atoms with Gasteiger partial charge in [0.15, 0.2) is 0 Å². The molecule has 2 N–H and O–H groups in total. The van der Waals surface area contributed by atoms with Crippen molar-refractivity contribution in [3.63, 3.8) is 0 Å². The number of aromatic amines is 1. The highest BCUT2D eigenvalue weighted by atomic mass is 32.2. The van der Waals surface area contributed by atoms with E-state index in [0.717, 1.165) is 12.1 Å². The van der Waals surface area contributed by atoms with Crippen LogP contribution < -0.4 is 5.32 Å². The van der Waals surface area contributed by atoms with E-state index in [9.17, 15) is 8.42 Å². The van der Waals surface area contributed by atoms with E-state index in [1.807, 2.05) is 27.8 Å². The molecule has 0 unspecified atom stereocenters. The van der Waals surface area contributed by atoms with Crippen LogP contribution in [0.3, 0.4) is 0 Å². The van der Waals surface area contributed by atoms with Gasteiger partial charge in [-0.1, -0.05) is 6.92 Å². The van der Waals surface area contributed by atoms with Gasteiger partial charge < -0.3 is 10.3 Å². The van der Waals surface area contributed by atoms with Crippen LogP contribution in [0, 0.1) is 0 Å². The molecule has 0 aromatic carbocycles. The molecule has 0 aliphatic heterocycles. The first-order chi connectivity index (χ1) is 8.25. The minimum absolute atomic E-state index is 0.316. The van der Waals surface area contributed by atoms with Crippen LogP contribution in [0.4, 0.5) is 0 Å². The van der Waals surface area contributed by atoms with Gasteiger partial charge in [-0.05, 0) is 33.4 Å². The Balaban J connectivity index is 3.05. The number of rotatable bonds is 6. The Morgan fingerprint density at radius 2 is 2.06 bits per heavy atom. The lowest BCUT2D eigenvalue weighted by molar-refractivity contribution is 0.257. The maximum absolute atomic E-state index is 12.4. The molecule has 6 heteroatoms. The molecule has 0 radical (unpaired) electrons. The van der Waals surface area contributed by atoms with Crippen LogP contribution in [0.25, 0.3) is 0 Å². The highest BCUT2D eigenvalue weighted by Gasteiger charge is 2.33. The number of aromatic nitrogens is 1. The number of nitrogens with zero attached hydrogens (tertiary/aromatic N) is 1. The van der Waals surface area contributed by atoms with Crippen molar-refractivity contribution in [1.29, 1.82) is 0 Å². The second-order valence-corrected chi connectivity index (χ2v) is 7.00. The Hall–Kier alpha value is -0.850. The Morgan fingerprint density at radius 3 is 2.56 bits per heavy atom. The minimum atomic E-state index is -3.43. The third-order valence-electron chi connectivity index (χ3n) is 3.46. The predicted molar refractivity (Wildman–Crippen MR) is 72.9 cm³/mol. The van der Waals surface area contributed by atoms with Crippen LogP contribution in [0.1, 0.15) is 32.9 Å². The largest absolute Gasteiger partial charge is 0.363 e. The molecule has 0 spiro atoms. The number of sulfonamides is 1. The number of H-pyrrole nitrogens is 1. The van der Waals surface area contributed by atoms with E-state index in [-0.39, 0.29) is 5.54 Å². The average Bonchev–Trinajstić information content (AvgIpc) is 2.77. The van der Waals surface area contributed by atoms with E-state index in [2.05, 4.69) is 10.3 Å². The normalized spacial score (nSPS) is 13.2. The molecule has 0 bridgehead atoms. The van der Waals surface area contributed by atoms with Crippen molar-refractivity contribution in [3.8, 4) is 0 Å². The third kappa shape index (κ3) is 2.93. The van der Waals surface area contributed by atoms with Crippen LogP contribution >= 0.6 is 0 Å². The van der Waals surface area contributed by atoms with Gasteiger partial charge in [-0.15, -0.1) is 0 Å². The van der Waals surface area contributed by atoms with Gasteiger partial charge >= 0.3 is 0 Å². The van der Waals surface area contributed by atoms with Crippen molar-refractivity contribution in [3.05, 3.63) is 18.0 Å². The van der Waals surface area contributed by atoms with Crippen molar-refractivity contribution < 1.29 is 8.42 Å². The summed E-state index contributed by atoms with van der Waals surface area (Å²) in [6, 6.07) is 1.67. The van der Waals surface area contributed by atoms with Gasteiger partial charge in [0.2, 0.25) is 10.0 Å². The number of nitrogens with one attached hydrogen (secondary N) is 2. The highest BCUT2D eigenvalue weighted by Crippen LogP contribution is 2.25. The summed E-state index contributed by atoms with van der Waals surface area (Å²) in [4.78, 5) is 3.29. The first-order valence-corrected chi connectivity index (χ1v) is 7.50. The molecule has 0 aliphatic carbocycles. The van der Waals surface area contributed by atoms with E-state index in [1.54, 1.807) is 19.3 Å². The number of hydrogen-bond donors (Lipinski definition) is 2. The van der Waals surface area contributed by atoms with E-state index < -0.39 is 10.0 Å². The number of hydrogen-bond acceptors (Lipinski definition) is 3. The van der Waals surface area contributed by atoms with Gasteiger partial charge in [0.25, 0.3) is 0 Å². The lowest BCUT2D eigenvalue weighted by Crippen LogP contribution is -2.44. The molecule has 1 heterocycles. The maximum atomic E-state index is 12.4. The minimum Gasteiger partial charge on any atom is -0.363 e. The zero-order chi connectivity index (χ0) is 14.0. The van der Waals surface area contributed by atoms with Gasteiger partial charge in [0.05, 0.1) is 4.90 Å². The van der Waals surface area contributed by atoms with Gasteiger partial charge in [-0.3, -0.25) is 0 Å². The molecule has 5 nitrogen and oxygen atoms in total. The Morgan fingerprint density at radius 1 is 1.44 bits per heavy atom. The van der Waals surface area contributed by atoms with E-state index in [4.69, 9.17) is 0 Å². The molecule has 1 aromatic rings. The summed E-state index contributed by atoms with van der Waals surface area (Å²) in [5.74, 6) is 0. The van der Waals surface area contributed by atoms with Crippen LogP contribution in [-0.2, 0) is 16.6 Å². The van der Waals surface area contributed by atoms with Crippen molar-refractivity contribution in [2.75, 3.05) is 14.1 Å². The molecule has 1 aromatic heterocycles. The molecule has 104 valence electrons. The van der Waals surface area contributed by atoms with Crippen molar-refractivity contribution in [1.82, 2.24) is 14.6 Å². The lowest BCUT2D eigenvalue weighted by atomic mass is 10.0. The molecule has 0 amide bonds. The molecule has 0 atom stereocenters. The molecule has 0 saturated carbocycles. The zero-order valence-corrected chi connectivity index (χ0v) is 12.6. The zero-order valence-electron chi connectivity index (χ0n) is 11.7. The van der Waals surface area contributed by atoms with Crippen molar-refractivity contribution >= 4 is 10.0 Å². The summed E-state index contributed by atoms with van der Waals surface area (Å²) in [5, 5.41) is 2.98. The summed E-state index contributed by atoms with van der Waals surface area (Å²) < 4.78 is 26.3. The smallest absolute Gasteiger partial charge is 0.244 e. The fraction of sp³-hybridized carbons (Fsp3) is 0.667. The van der Waals surface area contributed by atoms with Crippen LogP contribution in [0.5, 0.6) is 0 Å². The summed E-state index contributed by atoms with van der Waals surface area (Å²) >= 11 is 0. The van der Waals surface area contributed by atoms with E-state index >= 15 is 0 Å². The summed E-state index contributed by atoms with van der Waals surface area (Å²) in [6.07, 6.45) is 2.31. The fourth-order valence-corrected chi connectivity index (χ4v) is 3.16. The summed E-state index contributed by atoms with van der Waals surface area (Å²) in [7, 11) is 0.0174. The fourth-order valence-electron chi connectivity index (χ4n) is 1.57. The molecule has 0 aliphatic rings. The van der Waals surface area contributed by atoms with Gasteiger partial charge in [0.1, 0.15) is 0 Å². The van der Waals surface area contributed by atoms with Gasteiger partial charge in [-0.2, -0.15) is 4.31 Å². The Bertz CT molecular complexity index is 491. The second-order valence-electron chi connectivity index (χ2n) is 5.03. The summed E-state index contributed by atoms with van der Waals surface area (Å²) in [6.45, 7) is 6.45. The molecule has 0 saturated heterocycles. The molecular weight excluding hydrogens is 250 g/mol. The monoisotopic (exact) mass is 273 g/mol. The maximum Gasteiger partial charge on any atom is 0.244 e.